The molecule has 18 heavy (non-hydrogen) atoms. The lowest BCUT2D eigenvalue weighted by Crippen LogP contribution is -2.08. The summed E-state index contributed by atoms with van der Waals surface area (Å²) in [7, 11) is 0. The van der Waals surface area contributed by atoms with Crippen molar-refractivity contribution in [2.45, 2.75) is 13.0 Å². The Morgan fingerprint density at radius 2 is 2.00 bits per heavy atom. The van der Waals surface area contributed by atoms with Gasteiger partial charge in [-0.1, -0.05) is 12.1 Å². The molecule has 0 fully saturated rings. The highest BCUT2D eigenvalue weighted by atomic mass is 19.1. The number of halogens is 1. The van der Waals surface area contributed by atoms with Crippen LogP contribution in [0, 0.1) is 17.1 Å². The van der Waals surface area contributed by atoms with Gasteiger partial charge in [0, 0.05) is 12.2 Å². The van der Waals surface area contributed by atoms with Crippen molar-refractivity contribution in [2.24, 2.45) is 0 Å². The average Bonchev–Trinajstić information content (AvgIpc) is 2.40. The number of hydrogen-bond acceptors (Lipinski definition) is 3. The van der Waals surface area contributed by atoms with Crippen molar-refractivity contribution in [3.8, 4) is 6.07 Å². The van der Waals surface area contributed by atoms with E-state index in [1.807, 2.05) is 13.0 Å². The molecule has 0 aliphatic heterocycles. The van der Waals surface area contributed by atoms with E-state index in [1.54, 1.807) is 30.5 Å². The van der Waals surface area contributed by atoms with E-state index in [4.69, 9.17) is 5.26 Å². The number of nitrogens with one attached hydrogen (secondary N) is 1. The third-order valence-electron chi connectivity index (χ3n) is 2.66. The van der Waals surface area contributed by atoms with Crippen LogP contribution >= 0.6 is 0 Å². The van der Waals surface area contributed by atoms with E-state index in [1.165, 1.54) is 12.1 Å². The van der Waals surface area contributed by atoms with Gasteiger partial charge in [-0.2, -0.15) is 5.26 Å². The molecule has 0 aliphatic rings. The van der Waals surface area contributed by atoms with E-state index in [9.17, 15) is 4.39 Å². The number of hydrogen-bond donors (Lipinski definition) is 1. The van der Waals surface area contributed by atoms with Gasteiger partial charge in [0.2, 0.25) is 0 Å². The van der Waals surface area contributed by atoms with Crippen LogP contribution in [0.25, 0.3) is 0 Å². The Hall–Kier alpha value is -2.41. The van der Waals surface area contributed by atoms with Gasteiger partial charge in [-0.25, -0.2) is 9.37 Å². The molecule has 90 valence electrons. The van der Waals surface area contributed by atoms with Crippen LogP contribution in [0.2, 0.25) is 0 Å². The Morgan fingerprint density at radius 1 is 1.28 bits per heavy atom. The predicted octanol–water partition coefficient (Wildman–Crippen LogP) is 3.27. The first-order chi connectivity index (χ1) is 8.70. The highest BCUT2D eigenvalue weighted by Crippen LogP contribution is 2.20. The lowest BCUT2D eigenvalue weighted by Gasteiger charge is -2.16. The molecule has 2 aromatic rings. The van der Waals surface area contributed by atoms with Crippen LogP contribution in [0.15, 0.2) is 42.6 Å². The summed E-state index contributed by atoms with van der Waals surface area (Å²) in [6, 6.07) is 11.8. The number of aromatic nitrogens is 1. The average molecular weight is 241 g/mol. The highest BCUT2D eigenvalue weighted by molar-refractivity contribution is 5.54. The van der Waals surface area contributed by atoms with Crippen LogP contribution in [-0.2, 0) is 0 Å². The van der Waals surface area contributed by atoms with Crippen LogP contribution in [0.4, 0.5) is 10.1 Å². The summed E-state index contributed by atoms with van der Waals surface area (Å²) in [5.41, 5.74) is 1.98. The Morgan fingerprint density at radius 3 is 2.67 bits per heavy atom. The molecule has 1 aromatic carbocycles. The largest absolute Gasteiger partial charge is 0.376 e. The first-order valence-corrected chi connectivity index (χ1v) is 5.58. The summed E-state index contributed by atoms with van der Waals surface area (Å²) >= 11 is 0. The molecule has 0 spiro atoms. The van der Waals surface area contributed by atoms with Crippen LogP contribution in [0.1, 0.15) is 24.2 Å². The van der Waals surface area contributed by atoms with Crippen LogP contribution in [-0.4, -0.2) is 4.98 Å². The van der Waals surface area contributed by atoms with Gasteiger partial charge in [-0.05, 0) is 36.8 Å². The summed E-state index contributed by atoms with van der Waals surface area (Å²) in [5.74, 6) is -0.259. The Balaban J connectivity index is 2.19. The summed E-state index contributed by atoms with van der Waals surface area (Å²) < 4.78 is 12.8. The van der Waals surface area contributed by atoms with E-state index >= 15 is 0 Å². The molecule has 4 heteroatoms. The number of nitrogens with zero attached hydrogens (tertiary/aromatic N) is 2. The molecule has 0 bridgehead atoms. The van der Waals surface area contributed by atoms with Crippen molar-refractivity contribution in [1.29, 1.82) is 5.26 Å². The normalized spacial score (nSPS) is 11.6. The third-order valence-corrected chi connectivity index (χ3v) is 2.66. The molecule has 0 amide bonds. The minimum atomic E-state index is -0.259. The van der Waals surface area contributed by atoms with Gasteiger partial charge in [0.05, 0.1) is 5.69 Å². The maximum Gasteiger partial charge on any atom is 0.163 e. The molecule has 1 atom stereocenters. The minimum absolute atomic E-state index is 0.0260. The maximum absolute atomic E-state index is 12.8. The number of anilines is 1. The van der Waals surface area contributed by atoms with Gasteiger partial charge in [0.15, 0.2) is 5.69 Å². The zero-order chi connectivity index (χ0) is 13.0. The van der Waals surface area contributed by atoms with Crippen molar-refractivity contribution in [3.63, 3.8) is 0 Å². The zero-order valence-electron chi connectivity index (χ0n) is 9.89. The smallest absolute Gasteiger partial charge is 0.163 e. The van der Waals surface area contributed by atoms with Gasteiger partial charge < -0.3 is 5.32 Å². The second-order valence-electron chi connectivity index (χ2n) is 3.93. The fraction of sp³-hybridized carbons (Fsp3) is 0.143. The summed E-state index contributed by atoms with van der Waals surface area (Å²) in [6.07, 6.45) is 1.58. The van der Waals surface area contributed by atoms with Crippen LogP contribution in [0.3, 0.4) is 0 Å². The van der Waals surface area contributed by atoms with Gasteiger partial charge in [-0.3, -0.25) is 0 Å². The maximum atomic E-state index is 12.8. The van der Waals surface area contributed by atoms with Gasteiger partial charge in [-0.15, -0.1) is 0 Å². The Bertz CT molecular complexity index is 572. The molecular weight excluding hydrogens is 229 g/mol. The van der Waals surface area contributed by atoms with E-state index < -0.39 is 0 Å². The molecule has 1 unspecified atom stereocenters. The first kappa shape index (κ1) is 12.1. The number of pyridine rings is 1. The summed E-state index contributed by atoms with van der Waals surface area (Å²) in [5, 5.41) is 12.1. The fourth-order valence-corrected chi connectivity index (χ4v) is 1.68. The summed E-state index contributed by atoms with van der Waals surface area (Å²) in [6.45, 7) is 1.95. The highest BCUT2D eigenvalue weighted by Gasteiger charge is 2.08. The number of benzene rings is 1. The van der Waals surface area contributed by atoms with Crippen molar-refractivity contribution < 1.29 is 4.39 Å². The quantitative estimate of drug-likeness (QED) is 0.897. The van der Waals surface area contributed by atoms with Gasteiger partial charge >= 0.3 is 0 Å². The van der Waals surface area contributed by atoms with E-state index in [2.05, 4.69) is 10.3 Å². The molecule has 0 saturated heterocycles. The number of rotatable bonds is 3. The van der Waals surface area contributed by atoms with E-state index in [0.717, 1.165) is 5.56 Å². The third kappa shape index (κ3) is 2.64. The molecule has 3 nitrogen and oxygen atoms in total. The zero-order valence-corrected chi connectivity index (χ0v) is 9.89. The Kier molecular flexibility index (Phi) is 3.54. The van der Waals surface area contributed by atoms with Crippen molar-refractivity contribution in [1.82, 2.24) is 4.98 Å². The Labute approximate surface area is 105 Å². The van der Waals surface area contributed by atoms with Gasteiger partial charge in [0.1, 0.15) is 11.9 Å². The second-order valence-corrected chi connectivity index (χ2v) is 3.93. The number of nitriles is 1. The molecule has 0 aliphatic carbocycles. The standard InChI is InChI=1S/C14H12FN3/c1-10(11-4-6-12(15)7-5-11)18-13-3-2-8-17-14(13)9-16/h2-8,10,18H,1H3. The lowest BCUT2D eigenvalue weighted by atomic mass is 10.1. The van der Waals surface area contributed by atoms with E-state index in [-0.39, 0.29) is 11.9 Å². The van der Waals surface area contributed by atoms with Crippen molar-refractivity contribution in [3.05, 3.63) is 59.7 Å². The molecule has 1 heterocycles. The minimum Gasteiger partial charge on any atom is -0.376 e. The van der Waals surface area contributed by atoms with E-state index in [0.29, 0.717) is 11.4 Å². The SMILES string of the molecule is CC(Nc1cccnc1C#N)c1ccc(F)cc1. The summed E-state index contributed by atoms with van der Waals surface area (Å²) in [4.78, 5) is 3.97. The van der Waals surface area contributed by atoms with Crippen molar-refractivity contribution in [2.75, 3.05) is 5.32 Å². The lowest BCUT2D eigenvalue weighted by molar-refractivity contribution is 0.626. The molecular formula is C14H12FN3. The van der Waals surface area contributed by atoms with Crippen molar-refractivity contribution >= 4 is 5.69 Å². The van der Waals surface area contributed by atoms with Crippen LogP contribution < -0.4 is 5.32 Å². The predicted molar refractivity (Wildman–Crippen MR) is 67.4 cm³/mol. The molecule has 0 saturated carbocycles. The fourth-order valence-electron chi connectivity index (χ4n) is 1.68. The molecule has 2 rings (SSSR count). The topological polar surface area (TPSA) is 48.7 Å². The van der Waals surface area contributed by atoms with Crippen LogP contribution in [0.5, 0.6) is 0 Å². The molecule has 1 aromatic heterocycles. The van der Waals surface area contributed by atoms with Gasteiger partial charge in [0.25, 0.3) is 0 Å². The molecule has 0 radical (unpaired) electrons. The first-order valence-electron chi connectivity index (χ1n) is 5.58. The monoisotopic (exact) mass is 241 g/mol. The second kappa shape index (κ2) is 5.28. The molecule has 1 N–H and O–H groups in total.